The summed E-state index contributed by atoms with van der Waals surface area (Å²) in [5, 5.41) is 2.91. The van der Waals surface area contributed by atoms with Crippen molar-refractivity contribution in [3.63, 3.8) is 0 Å². The number of pyridine rings is 1. The molecule has 1 saturated heterocycles. The normalized spacial score (nSPS) is 14.2. The Kier molecular flexibility index (Phi) is 4.31. The maximum Gasteiger partial charge on any atom is 0.274 e. The van der Waals surface area contributed by atoms with Gasteiger partial charge in [-0.05, 0) is 37.3 Å². The van der Waals surface area contributed by atoms with E-state index in [0.29, 0.717) is 17.1 Å². The second-order valence-corrected chi connectivity index (χ2v) is 5.81. The van der Waals surface area contributed by atoms with Crippen molar-refractivity contribution >= 4 is 40.7 Å². The molecule has 1 fully saturated rings. The highest BCUT2D eigenvalue weighted by Gasteiger charge is 2.31. The molecule has 1 aromatic carbocycles. The Morgan fingerprint density at radius 2 is 1.88 bits per heavy atom. The van der Waals surface area contributed by atoms with Crippen LogP contribution in [-0.2, 0) is 9.59 Å². The van der Waals surface area contributed by atoms with E-state index in [4.69, 9.17) is 11.6 Å². The van der Waals surface area contributed by atoms with Gasteiger partial charge in [0.05, 0.1) is 10.7 Å². The van der Waals surface area contributed by atoms with Crippen LogP contribution in [0, 0.1) is 6.92 Å². The molecule has 2 heterocycles. The number of nitrogens with zero attached hydrogens (tertiary/aromatic N) is 2. The lowest BCUT2D eigenvalue weighted by molar-refractivity contribution is -0.121. The summed E-state index contributed by atoms with van der Waals surface area (Å²) in [5.74, 6) is -0.916. The van der Waals surface area contributed by atoms with Crippen LogP contribution in [0.25, 0.3) is 0 Å². The van der Waals surface area contributed by atoms with Crippen LogP contribution in [0.4, 0.5) is 11.4 Å². The first kappa shape index (κ1) is 16.1. The summed E-state index contributed by atoms with van der Waals surface area (Å²) in [4.78, 5) is 41.0. The number of benzene rings is 1. The topological polar surface area (TPSA) is 79.4 Å². The molecule has 3 rings (SSSR count). The summed E-state index contributed by atoms with van der Waals surface area (Å²) < 4.78 is 0. The van der Waals surface area contributed by atoms with Gasteiger partial charge in [0.2, 0.25) is 11.8 Å². The van der Waals surface area contributed by atoms with Gasteiger partial charge in [0, 0.05) is 24.2 Å². The number of carbonyl (C=O) groups is 3. The maximum absolute atomic E-state index is 12.2. The van der Waals surface area contributed by atoms with Gasteiger partial charge in [0.25, 0.3) is 5.91 Å². The fourth-order valence-corrected chi connectivity index (χ4v) is 2.74. The largest absolute Gasteiger partial charge is 0.321 e. The Bertz CT molecular complexity index is 835. The molecule has 0 radical (unpaired) electrons. The summed E-state index contributed by atoms with van der Waals surface area (Å²) in [6.07, 6.45) is 0.374. The first-order valence-electron chi connectivity index (χ1n) is 7.36. The second-order valence-electron chi connectivity index (χ2n) is 5.41. The Balaban J connectivity index is 1.81. The highest BCUT2D eigenvalue weighted by Crippen LogP contribution is 2.32. The first-order chi connectivity index (χ1) is 11.5. The Labute approximate surface area is 143 Å². The molecule has 3 amide bonds. The number of aryl methyl sites for hydroxylation is 1. The number of imide groups is 1. The van der Waals surface area contributed by atoms with Gasteiger partial charge >= 0.3 is 0 Å². The van der Waals surface area contributed by atoms with Crippen LogP contribution in [0.5, 0.6) is 0 Å². The molecule has 1 aliphatic rings. The number of carbonyl (C=O) groups excluding carboxylic acids is 3. The van der Waals surface area contributed by atoms with Crippen LogP contribution in [0.2, 0.25) is 5.02 Å². The van der Waals surface area contributed by atoms with Crippen LogP contribution in [0.1, 0.15) is 29.0 Å². The standard InChI is InChI=1S/C17H14ClN3O3/c1-10-3-2-4-13(19-10)17(24)20-11-5-6-14(12(18)9-11)21-15(22)7-8-16(21)23/h2-6,9H,7-8H2,1H3,(H,20,24). The molecule has 0 bridgehead atoms. The van der Waals surface area contributed by atoms with Gasteiger partial charge in [0.1, 0.15) is 5.69 Å². The van der Waals surface area contributed by atoms with Gasteiger partial charge < -0.3 is 5.32 Å². The molecule has 24 heavy (non-hydrogen) atoms. The monoisotopic (exact) mass is 343 g/mol. The fourth-order valence-electron chi connectivity index (χ4n) is 2.48. The maximum atomic E-state index is 12.2. The number of anilines is 2. The number of halogens is 1. The predicted molar refractivity (Wildman–Crippen MR) is 90.1 cm³/mol. The van der Waals surface area contributed by atoms with Gasteiger partial charge in [-0.1, -0.05) is 17.7 Å². The third-order valence-corrected chi connectivity index (χ3v) is 3.92. The fraction of sp³-hybridized carbons (Fsp3) is 0.176. The molecule has 6 nitrogen and oxygen atoms in total. The minimum absolute atomic E-state index is 0.187. The average Bonchev–Trinajstić information content (AvgIpc) is 2.87. The van der Waals surface area contributed by atoms with Crippen molar-refractivity contribution in [2.75, 3.05) is 10.2 Å². The SMILES string of the molecule is Cc1cccc(C(=O)Nc2ccc(N3C(=O)CCC3=O)c(Cl)c2)n1. The van der Waals surface area contributed by atoms with Gasteiger partial charge in [-0.25, -0.2) is 9.88 Å². The number of amides is 3. The van der Waals surface area contributed by atoms with Crippen molar-refractivity contribution in [2.24, 2.45) is 0 Å². The first-order valence-corrected chi connectivity index (χ1v) is 7.74. The number of hydrogen-bond donors (Lipinski definition) is 1. The smallest absolute Gasteiger partial charge is 0.274 e. The van der Waals surface area contributed by atoms with E-state index in [0.717, 1.165) is 10.6 Å². The highest BCUT2D eigenvalue weighted by atomic mass is 35.5. The van der Waals surface area contributed by atoms with E-state index < -0.39 is 0 Å². The zero-order valence-electron chi connectivity index (χ0n) is 12.9. The molecular formula is C17H14ClN3O3. The van der Waals surface area contributed by atoms with Crippen LogP contribution in [-0.4, -0.2) is 22.7 Å². The van der Waals surface area contributed by atoms with Crippen molar-refractivity contribution in [3.05, 3.63) is 52.8 Å². The molecule has 0 spiro atoms. The summed E-state index contributed by atoms with van der Waals surface area (Å²) in [6.45, 7) is 1.80. The molecule has 1 aromatic heterocycles. The Morgan fingerprint density at radius 3 is 2.50 bits per heavy atom. The van der Waals surface area contributed by atoms with E-state index in [-0.39, 0.29) is 35.6 Å². The van der Waals surface area contributed by atoms with Crippen molar-refractivity contribution < 1.29 is 14.4 Å². The van der Waals surface area contributed by atoms with E-state index >= 15 is 0 Å². The molecular weight excluding hydrogens is 330 g/mol. The minimum Gasteiger partial charge on any atom is -0.321 e. The van der Waals surface area contributed by atoms with Crippen LogP contribution in [0.3, 0.4) is 0 Å². The molecule has 0 atom stereocenters. The van der Waals surface area contributed by atoms with Crippen LogP contribution in [0.15, 0.2) is 36.4 Å². The third-order valence-electron chi connectivity index (χ3n) is 3.62. The molecule has 0 aliphatic carbocycles. The molecule has 1 aliphatic heterocycles. The Morgan fingerprint density at radius 1 is 1.17 bits per heavy atom. The number of rotatable bonds is 3. The summed E-state index contributed by atoms with van der Waals surface area (Å²) in [5.41, 5.74) is 1.81. The van der Waals surface area contributed by atoms with Gasteiger partial charge in [0.15, 0.2) is 0 Å². The van der Waals surface area contributed by atoms with Crippen molar-refractivity contribution in [1.82, 2.24) is 4.98 Å². The van der Waals surface area contributed by atoms with E-state index in [1.54, 1.807) is 37.3 Å². The van der Waals surface area contributed by atoms with Crippen molar-refractivity contribution in [1.29, 1.82) is 0 Å². The molecule has 2 aromatic rings. The second kappa shape index (κ2) is 6.41. The van der Waals surface area contributed by atoms with E-state index in [1.807, 2.05) is 0 Å². The van der Waals surface area contributed by atoms with Crippen LogP contribution >= 0.6 is 11.6 Å². The quantitative estimate of drug-likeness (QED) is 0.869. The molecule has 0 saturated carbocycles. The Hall–Kier alpha value is -2.73. The van der Waals surface area contributed by atoms with Crippen LogP contribution < -0.4 is 10.2 Å². The van der Waals surface area contributed by atoms with E-state index in [2.05, 4.69) is 10.3 Å². The molecule has 0 unspecified atom stereocenters. The number of aromatic nitrogens is 1. The van der Waals surface area contributed by atoms with Gasteiger partial charge in [-0.3, -0.25) is 14.4 Å². The molecule has 1 N–H and O–H groups in total. The zero-order valence-corrected chi connectivity index (χ0v) is 13.6. The summed E-state index contributed by atoms with van der Waals surface area (Å²) >= 11 is 6.18. The van der Waals surface area contributed by atoms with Gasteiger partial charge in [-0.2, -0.15) is 0 Å². The molecule has 7 heteroatoms. The van der Waals surface area contributed by atoms with Crippen molar-refractivity contribution in [3.8, 4) is 0 Å². The van der Waals surface area contributed by atoms with E-state index in [1.165, 1.54) is 6.07 Å². The van der Waals surface area contributed by atoms with E-state index in [9.17, 15) is 14.4 Å². The lowest BCUT2D eigenvalue weighted by atomic mass is 10.2. The number of nitrogens with one attached hydrogen (secondary N) is 1. The highest BCUT2D eigenvalue weighted by molar-refractivity contribution is 6.36. The molecule has 122 valence electrons. The third kappa shape index (κ3) is 3.14. The average molecular weight is 344 g/mol. The summed E-state index contributed by atoms with van der Waals surface area (Å²) in [7, 11) is 0. The number of hydrogen-bond acceptors (Lipinski definition) is 4. The van der Waals surface area contributed by atoms with Gasteiger partial charge in [-0.15, -0.1) is 0 Å². The minimum atomic E-state index is -0.365. The summed E-state index contributed by atoms with van der Waals surface area (Å²) in [6, 6.07) is 9.80. The van der Waals surface area contributed by atoms with Crippen molar-refractivity contribution in [2.45, 2.75) is 19.8 Å². The lowest BCUT2D eigenvalue weighted by Crippen LogP contribution is -2.28. The lowest BCUT2D eigenvalue weighted by Gasteiger charge is -2.16. The predicted octanol–water partition coefficient (Wildman–Crippen LogP) is 2.95. The zero-order chi connectivity index (χ0) is 17.3.